The summed E-state index contributed by atoms with van der Waals surface area (Å²) in [5.74, 6) is 0.588. The van der Waals surface area contributed by atoms with E-state index in [1.54, 1.807) is 4.68 Å². The number of halogens is 2. The fourth-order valence-corrected chi connectivity index (χ4v) is 2.61. The van der Waals surface area contributed by atoms with Gasteiger partial charge in [0.25, 0.3) is 0 Å². The maximum absolute atomic E-state index is 6.19. The SMILES string of the molecule is Nc1cc(-c2ccccc2Cl)nn1Cc1cccc(Cl)c1. The summed E-state index contributed by atoms with van der Waals surface area (Å²) in [6, 6.07) is 17.0. The Labute approximate surface area is 132 Å². The summed E-state index contributed by atoms with van der Waals surface area (Å²) in [6.07, 6.45) is 0. The molecule has 3 nitrogen and oxygen atoms in total. The Hall–Kier alpha value is -1.97. The normalized spacial score (nSPS) is 10.8. The summed E-state index contributed by atoms with van der Waals surface area (Å²) < 4.78 is 1.74. The molecule has 0 fully saturated rings. The van der Waals surface area contributed by atoms with Gasteiger partial charge in [0.2, 0.25) is 0 Å². The zero-order valence-electron chi connectivity index (χ0n) is 11.1. The zero-order chi connectivity index (χ0) is 14.8. The predicted molar refractivity (Wildman–Crippen MR) is 87.6 cm³/mol. The third-order valence-corrected chi connectivity index (χ3v) is 3.75. The fourth-order valence-electron chi connectivity index (χ4n) is 2.17. The lowest BCUT2D eigenvalue weighted by Crippen LogP contribution is -2.05. The molecule has 0 bridgehead atoms. The number of rotatable bonds is 3. The average Bonchev–Trinajstić information content (AvgIpc) is 2.80. The van der Waals surface area contributed by atoms with E-state index in [2.05, 4.69) is 5.10 Å². The second-order valence-electron chi connectivity index (χ2n) is 4.72. The van der Waals surface area contributed by atoms with Crippen LogP contribution in [0.3, 0.4) is 0 Å². The van der Waals surface area contributed by atoms with E-state index in [-0.39, 0.29) is 0 Å². The first-order valence-electron chi connectivity index (χ1n) is 6.46. The van der Waals surface area contributed by atoms with E-state index >= 15 is 0 Å². The van der Waals surface area contributed by atoms with Crippen molar-refractivity contribution in [2.24, 2.45) is 0 Å². The van der Waals surface area contributed by atoms with Crippen LogP contribution in [0.25, 0.3) is 11.3 Å². The Bertz CT molecular complexity index is 781. The van der Waals surface area contributed by atoms with Crippen LogP contribution >= 0.6 is 23.2 Å². The number of nitrogen functional groups attached to an aromatic ring is 1. The van der Waals surface area contributed by atoms with E-state index in [1.807, 2.05) is 54.6 Å². The Kier molecular flexibility index (Phi) is 3.86. The molecule has 0 aliphatic rings. The third-order valence-electron chi connectivity index (χ3n) is 3.18. The number of nitrogens with zero attached hydrogens (tertiary/aromatic N) is 2. The molecule has 0 atom stereocenters. The Morgan fingerprint density at radius 1 is 1.00 bits per heavy atom. The summed E-state index contributed by atoms with van der Waals surface area (Å²) in [7, 11) is 0. The molecule has 0 spiro atoms. The van der Waals surface area contributed by atoms with Gasteiger partial charge < -0.3 is 5.73 Å². The van der Waals surface area contributed by atoms with Gasteiger partial charge in [-0.15, -0.1) is 0 Å². The Balaban J connectivity index is 1.93. The molecule has 3 aromatic rings. The van der Waals surface area contributed by atoms with Crippen molar-refractivity contribution in [1.82, 2.24) is 9.78 Å². The third kappa shape index (κ3) is 3.04. The first-order valence-corrected chi connectivity index (χ1v) is 7.22. The minimum atomic E-state index is 0.566. The second kappa shape index (κ2) is 5.80. The second-order valence-corrected chi connectivity index (χ2v) is 5.57. The lowest BCUT2D eigenvalue weighted by atomic mass is 10.1. The predicted octanol–water partition coefficient (Wildman–Crippen LogP) is 4.49. The molecule has 0 unspecified atom stereocenters. The number of aromatic nitrogens is 2. The molecular weight excluding hydrogens is 305 g/mol. The number of benzene rings is 2. The summed E-state index contributed by atoms with van der Waals surface area (Å²) in [5.41, 5.74) is 8.72. The highest BCUT2D eigenvalue weighted by atomic mass is 35.5. The van der Waals surface area contributed by atoms with Crippen molar-refractivity contribution in [1.29, 1.82) is 0 Å². The van der Waals surface area contributed by atoms with Gasteiger partial charge in [-0.1, -0.05) is 53.5 Å². The van der Waals surface area contributed by atoms with Crippen LogP contribution in [0.1, 0.15) is 5.56 Å². The van der Waals surface area contributed by atoms with E-state index in [9.17, 15) is 0 Å². The van der Waals surface area contributed by atoms with Gasteiger partial charge >= 0.3 is 0 Å². The lowest BCUT2D eigenvalue weighted by molar-refractivity contribution is 0.700. The molecule has 2 N–H and O–H groups in total. The Morgan fingerprint density at radius 3 is 2.57 bits per heavy atom. The molecule has 5 heteroatoms. The summed E-state index contributed by atoms with van der Waals surface area (Å²) in [6.45, 7) is 0.566. The van der Waals surface area contributed by atoms with Crippen molar-refractivity contribution in [3.05, 3.63) is 70.2 Å². The minimum absolute atomic E-state index is 0.566. The van der Waals surface area contributed by atoms with Gasteiger partial charge in [-0.25, -0.2) is 4.68 Å². The van der Waals surface area contributed by atoms with Gasteiger partial charge in [-0.3, -0.25) is 0 Å². The highest BCUT2D eigenvalue weighted by molar-refractivity contribution is 6.33. The van der Waals surface area contributed by atoms with Crippen molar-refractivity contribution < 1.29 is 0 Å². The lowest BCUT2D eigenvalue weighted by Gasteiger charge is -2.04. The average molecular weight is 318 g/mol. The molecule has 0 aliphatic heterocycles. The van der Waals surface area contributed by atoms with Crippen molar-refractivity contribution in [2.45, 2.75) is 6.54 Å². The number of hydrogen-bond donors (Lipinski definition) is 1. The standard InChI is InChI=1S/C16H13Cl2N3/c17-12-5-3-4-11(8-12)10-21-16(19)9-15(20-21)13-6-1-2-7-14(13)18/h1-9H,10,19H2. The van der Waals surface area contributed by atoms with E-state index in [0.717, 1.165) is 16.8 Å². The van der Waals surface area contributed by atoms with E-state index < -0.39 is 0 Å². The zero-order valence-corrected chi connectivity index (χ0v) is 12.6. The maximum Gasteiger partial charge on any atom is 0.122 e. The molecule has 0 saturated carbocycles. The molecule has 0 amide bonds. The van der Waals surface area contributed by atoms with Gasteiger partial charge in [0, 0.05) is 16.7 Å². The minimum Gasteiger partial charge on any atom is -0.384 e. The van der Waals surface area contributed by atoms with Crippen LogP contribution in [-0.2, 0) is 6.54 Å². The molecule has 3 rings (SSSR count). The van der Waals surface area contributed by atoms with Crippen LogP contribution in [0.15, 0.2) is 54.6 Å². The van der Waals surface area contributed by atoms with Crippen LogP contribution in [0.5, 0.6) is 0 Å². The smallest absolute Gasteiger partial charge is 0.122 e. The topological polar surface area (TPSA) is 43.8 Å². The van der Waals surface area contributed by atoms with Crippen LogP contribution < -0.4 is 5.73 Å². The summed E-state index contributed by atoms with van der Waals surface area (Å²) in [5, 5.41) is 5.89. The van der Waals surface area contributed by atoms with E-state index in [4.69, 9.17) is 28.9 Å². The molecule has 0 radical (unpaired) electrons. The van der Waals surface area contributed by atoms with Crippen molar-refractivity contribution >= 4 is 29.0 Å². The Morgan fingerprint density at radius 2 is 1.81 bits per heavy atom. The van der Waals surface area contributed by atoms with Crippen molar-refractivity contribution in [2.75, 3.05) is 5.73 Å². The van der Waals surface area contributed by atoms with E-state index in [0.29, 0.717) is 22.4 Å². The molecule has 21 heavy (non-hydrogen) atoms. The first-order chi connectivity index (χ1) is 10.1. The highest BCUT2D eigenvalue weighted by Gasteiger charge is 2.10. The van der Waals surface area contributed by atoms with Gasteiger partial charge in [-0.2, -0.15) is 5.10 Å². The maximum atomic E-state index is 6.19. The van der Waals surface area contributed by atoms with Crippen LogP contribution in [0, 0.1) is 0 Å². The van der Waals surface area contributed by atoms with Gasteiger partial charge in [0.1, 0.15) is 5.82 Å². The van der Waals surface area contributed by atoms with Crippen LogP contribution in [0.2, 0.25) is 10.0 Å². The monoisotopic (exact) mass is 317 g/mol. The first kappa shape index (κ1) is 14.0. The van der Waals surface area contributed by atoms with E-state index in [1.165, 1.54) is 0 Å². The van der Waals surface area contributed by atoms with Gasteiger partial charge in [0.15, 0.2) is 0 Å². The summed E-state index contributed by atoms with van der Waals surface area (Å²) >= 11 is 12.2. The molecule has 0 aliphatic carbocycles. The van der Waals surface area contributed by atoms with Gasteiger partial charge in [-0.05, 0) is 23.8 Å². The largest absolute Gasteiger partial charge is 0.384 e. The molecule has 1 aromatic heterocycles. The van der Waals surface area contributed by atoms with Crippen molar-refractivity contribution in [3.8, 4) is 11.3 Å². The molecule has 0 saturated heterocycles. The van der Waals surface area contributed by atoms with Crippen molar-refractivity contribution in [3.63, 3.8) is 0 Å². The highest BCUT2D eigenvalue weighted by Crippen LogP contribution is 2.28. The molecule has 106 valence electrons. The van der Waals surface area contributed by atoms with Crippen LogP contribution in [0.4, 0.5) is 5.82 Å². The molecule has 2 aromatic carbocycles. The summed E-state index contributed by atoms with van der Waals surface area (Å²) in [4.78, 5) is 0. The molecule has 1 heterocycles. The fraction of sp³-hybridized carbons (Fsp3) is 0.0625. The number of anilines is 1. The quantitative estimate of drug-likeness (QED) is 0.773. The number of hydrogen-bond acceptors (Lipinski definition) is 2. The number of nitrogens with two attached hydrogens (primary N) is 1. The van der Waals surface area contributed by atoms with Gasteiger partial charge in [0.05, 0.1) is 17.3 Å². The van der Waals surface area contributed by atoms with Crippen LogP contribution in [-0.4, -0.2) is 9.78 Å². The molecular formula is C16H13Cl2N3.